The standard InChI is InChI=1S/C19H21F3N8OS/c1-10(2)12-7-11-15(24-18(25-16(11)32-12)29-4-3-23-14(31)9-29)28-5-6-30-13(8-28)26-27-17(30)19(20,21)22/h7,10H,3-6,8-9H2,1-2H3,(H,23,31). The van der Waals surface area contributed by atoms with Gasteiger partial charge in [0.2, 0.25) is 17.7 Å². The van der Waals surface area contributed by atoms with Gasteiger partial charge in [0.15, 0.2) is 5.82 Å². The van der Waals surface area contributed by atoms with Gasteiger partial charge in [0.25, 0.3) is 0 Å². The van der Waals surface area contributed by atoms with E-state index in [1.165, 1.54) is 0 Å². The Balaban J connectivity index is 1.56. The predicted octanol–water partition coefficient (Wildman–Crippen LogP) is 2.38. The van der Waals surface area contributed by atoms with Crippen molar-refractivity contribution in [3.05, 3.63) is 22.6 Å². The van der Waals surface area contributed by atoms with Crippen LogP contribution in [0.3, 0.4) is 0 Å². The number of thiophene rings is 1. The summed E-state index contributed by atoms with van der Waals surface area (Å²) < 4.78 is 40.8. The first-order valence-corrected chi connectivity index (χ1v) is 11.1. The van der Waals surface area contributed by atoms with E-state index in [0.717, 1.165) is 19.7 Å². The van der Waals surface area contributed by atoms with Crippen LogP contribution in [0.5, 0.6) is 0 Å². The normalized spacial score (nSPS) is 17.2. The number of halogens is 3. The molecule has 3 aromatic rings. The summed E-state index contributed by atoms with van der Waals surface area (Å²) in [6.45, 7) is 6.02. The molecule has 170 valence electrons. The molecule has 0 aliphatic carbocycles. The Bertz CT molecular complexity index is 1190. The van der Waals surface area contributed by atoms with Gasteiger partial charge in [-0.05, 0) is 12.0 Å². The second-order valence-corrected chi connectivity index (χ2v) is 9.21. The summed E-state index contributed by atoms with van der Waals surface area (Å²) in [5.41, 5.74) is 0. The number of nitrogens with zero attached hydrogens (tertiary/aromatic N) is 7. The van der Waals surface area contributed by atoms with Crippen LogP contribution in [0.4, 0.5) is 24.9 Å². The number of fused-ring (bicyclic) bond motifs is 2. The van der Waals surface area contributed by atoms with Gasteiger partial charge >= 0.3 is 6.18 Å². The fourth-order valence-electron chi connectivity index (χ4n) is 3.94. The average Bonchev–Trinajstić information content (AvgIpc) is 3.36. The number of carbonyl (C=O) groups excluding carboxylic acids is 1. The first-order valence-electron chi connectivity index (χ1n) is 10.3. The van der Waals surface area contributed by atoms with Gasteiger partial charge in [-0.15, -0.1) is 21.5 Å². The maximum Gasteiger partial charge on any atom is 0.451 e. The van der Waals surface area contributed by atoms with Crippen LogP contribution in [-0.2, 0) is 24.1 Å². The van der Waals surface area contributed by atoms with Crippen molar-refractivity contribution in [2.45, 2.75) is 39.0 Å². The lowest BCUT2D eigenvalue weighted by Crippen LogP contribution is -2.48. The lowest BCUT2D eigenvalue weighted by atomic mass is 10.1. The smallest absolute Gasteiger partial charge is 0.353 e. The maximum atomic E-state index is 13.2. The summed E-state index contributed by atoms with van der Waals surface area (Å²) in [5, 5.41) is 10.8. The number of amides is 1. The molecule has 2 aliphatic heterocycles. The molecule has 0 saturated carbocycles. The third kappa shape index (κ3) is 3.63. The molecular weight excluding hydrogens is 445 g/mol. The van der Waals surface area contributed by atoms with Crippen molar-refractivity contribution in [2.24, 2.45) is 0 Å². The van der Waals surface area contributed by atoms with Crippen LogP contribution in [0, 0.1) is 0 Å². The van der Waals surface area contributed by atoms with Gasteiger partial charge in [0, 0.05) is 31.1 Å². The zero-order valence-corrected chi connectivity index (χ0v) is 18.3. The first kappa shape index (κ1) is 20.9. The van der Waals surface area contributed by atoms with Gasteiger partial charge in [-0.25, -0.2) is 4.98 Å². The van der Waals surface area contributed by atoms with Crippen molar-refractivity contribution < 1.29 is 18.0 Å². The van der Waals surface area contributed by atoms with Crippen LogP contribution in [-0.4, -0.2) is 56.8 Å². The first-order chi connectivity index (χ1) is 15.2. The summed E-state index contributed by atoms with van der Waals surface area (Å²) in [6, 6.07) is 2.05. The molecular formula is C19H21F3N8OS. The third-order valence-corrected chi connectivity index (χ3v) is 6.91. The van der Waals surface area contributed by atoms with Crippen molar-refractivity contribution in [3.63, 3.8) is 0 Å². The molecule has 0 atom stereocenters. The van der Waals surface area contributed by atoms with Crippen LogP contribution in [0.2, 0.25) is 0 Å². The number of hydrogen-bond acceptors (Lipinski definition) is 8. The molecule has 5 heterocycles. The number of nitrogens with one attached hydrogen (secondary N) is 1. The van der Waals surface area contributed by atoms with Gasteiger partial charge in [-0.3, -0.25) is 4.79 Å². The minimum absolute atomic E-state index is 0.0960. The number of rotatable bonds is 3. The minimum atomic E-state index is -4.54. The molecule has 1 saturated heterocycles. The zero-order valence-electron chi connectivity index (χ0n) is 17.5. The van der Waals surface area contributed by atoms with Gasteiger partial charge in [-0.2, -0.15) is 18.2 Å². The molecule has 0 aromatic carbocycles. The van der Waals surface area contributed by atoms with E-state index in [1.54, 1.807) is 11.3 Å². The highest BCUT2D eigenvalue weighted by Crippen LogP contribution is 2.37. The van der Waals surface area contributed by atoms with E-state index in [-0.39, 0.29) is 31.4 Å². The highest BCUT2D eigenvalue weighted by molar-refractivity contribution is 7.18. The molecule has 2 aliphatic rings. The van der Waals surface area contributed by atoms with Gasteiger partial charge in [0.1, 0.15) is 10.6 Å². The number of anilines is 2. The summed E-state index contributed by atoms with van der Waals surface area (Å²) in [7, 11) is 0. The molecule has 0 unspecified atom stereocenters. The lowest BCUT2D eigenvalue weighted by molar-refractivity contribution is -0.147. The van der Waals surface area contributed by atoms with E-state index in [9.17, 15) is 18.0 Å². The molecule has 0 spiro atoms. The highest BCUT2D eigenvalue weighted by Gasteiger charge is 2.40. The number of alkyl halides is 3. The Morgan fingerprint density at radius 2 is 1.91 bits per heavy atom. The van der Waals surface area contributed by atoms with Crippen molar-refractivity contribution in [3.8, 4) is 0 Å². The highest BCUT2D eigenvalue weighted by atomic mass is 32.1. The topological polar surface area (TPSA) is 92.1 Å². The summed E-state index contributed by atoms with van der Waals surface area (Å²) in [6.07, 6.45) is -4.54. The third-order valence-electron chi connectivity index (χ3n) is 5.58. The predicted molar refractivity (Wildman–Crippen MR) is 113 cm³/mol. The summed E-state index contributed by atoms with van der Waals surface area (Å²) >= 11 is 1.57. The molecule has 5 rings (SSSR count). The quantitative estimate of drug-likeness (QED) is 0.634. The number of piperazine rings is 1. The molecule has 32 heavy (non-hydrogen) atoms. The fraction of sp³-hybridized carbons (Fsp3) is 0.526. The van der Waals surface area contributed by atoms with E-state index < -0.39 is 12.0 Å². The molecule has 0 radical (unpaired) electrons. The van der Waals surface area contributed by atoms with E-state index in [2.05, 4.69) is 29.4 Å². The van der Waals surface area contributed by atoms with Crippen molar-refractivity contribution in [1.82, 2.24) is 30.0 Å². The minimum Gasteiger partial charge on any atom is -0.353 e. The average molecular weight is 466 g/mol. The van der Waals surface area contributed by atoms with E-state index >= 15 is 0 Å². The van der Waals surface area contributed by atoms with Crippen LogP contribution in [0.15, 0.2) is 6.07 Å². The Morgan fingerprint density at radius 3 is 2.62 bits per heavy atom. The number of aromatic nitrogens is 5. The van der Waals surface area contributed by atoms with Crippen LogP contribution < -0.4 is 15.1 Å². The molecule has 3 aromatic heterocycles. The fourth-order valence-corrected chi connectivity index (χ4v) is 4.96. The number of hydrogen-bond donors (Lipinski definition) is 1. The monoisotopic (exact) mass is 466 g/mol. The van der Waals surface area contributed by atoms with Gasteiger partial charge in [0.05, 0.1) is 18.5 Å². The summed E-state index contributed by atoms with van der Waals surface area (Å²) in [5.74, 6) is 0.557. The molecule has 0 bridgehead atoms. The molecule has 9 nitrogen and oxygen atoms in total. The second kappa shape index (κ2) is 7.57. The van der Waals surface area contributed by atoms with Gasteiger partial charge < -0.3 is 19.7 Å². The Kier molecular flexibility index (Phi) is 4.95. The van der Waals surface area contributed by atoms with Crippen LogP contribution >= 0.6 is 11.3 Å². The van der Waals surface area contributed by atoms with Crippen molar-refractivity contribution >= 4 is 39.2 Å². The Morgan fingerprint density at radius 1 is 1.09 bits per heavy atom. The molecule has 1 N–H and O–H groups in total. The Labute approximate surface area is 185 Å². The van der Waals surface area contributed by atoms with Crippen LogP contribution in [0.25, 0.3) is 10.2 Å². The molecule has 13 heteroatoms. The van der Waals surface area contributed by atoms with E-state index in [0.29, 0.717) is 37.3 Å². The van der Waals surface area contributed by atoms with E-state index in [1.807, 2.05) is 15.9 Å². The summed E-state index contributed by atoms with van der Waals surface area (Å²) in [4.78, 5) is 27.0. The maximum absolute atomic E-state index is 13.2. The molecule has 1 amide bonds. The van der Waals surface area contributed by atoms with Crippen molar-refractivity contribution in [2.75, 3.05) is 36.0 Å². The van der Waals surface area contributed by atoms with Gasteiger partial charge in [-0.1, -0.05) is 13.8 Å². The van der Waals surface area contributed by atoms with Crippen molar-refractivity contribution in [1.29, 1.82) is 0 Å². The zero-order chi connectivity index (χ0) is 22.6. The number of carbonyl (C=O) groups is 1. The van der Waals surface area contributed by atoms with Crippen LogP contribution in [0.1, 0.15) is 36.3 Å². The Hall–Kier alpha value is -2.96. The second-order valence-electron chi connectivity index (χ2n) is 8.15. The lowest BCUT2D eigenvalue weighted by Gasteiger charge is -2.31. The largest absolute Gasteiger partial charge is 0.451 e. The molecule has 1 fully saturated rings. The SMILES string of the molecule is CC(C)c1cc2c(N3CCn4c(nnc4C(F)(F)F)C3)nc(N3CCNC(=O)C3)nc2s1. The van der Waals surface area contributed by atoms with E-state index in [4.69, 9.17) is 9.97 Å².